The van der Waals surface area contributed by atoms with Crippen molar-refractivity contribution >= 4 is 23.2 Å². The molecule has 0 fully saturated rings. The fourth-order valence-electron chi connectivity index (χ4n) is 2.26. The van der Waals surface area contributed by atoms with Gasteiger partial charge in [-0.25, -0.2) is 9.97 Å². The first-order valence-electron chi connectivity index (χ1n) is 7.03. The van der Waals surface area contributed by atoms with Crippen LogP contribution in [0.1, 0.15) is 23.9 Å². The molecule has 0 radical (unpaired) electrons. The van der Waals surface area contributed by atoms with Crippen molar-refractivity contribution in [3.8, 4) is 11.4 Å². The first kappa shape index (κ1) is 16.2. The van der Waals surface area contributed by atoms with Crippen LogP contribution in [0.25, 0.3) is 11.4 Å². The minimum absolute atomic E-state index is 0.518. The maximum Gasteiger partial charge on any atom is 0.159 e. The third-order valence-corrected chi connectivity index (χ3v) is 4.14. The highest BCUT2D eigenvalue weighted by Crippen LogP contribution is 2.27. The molecule has 0 spiro atoms. The van der Waals surface area contributed by atoms with E-state index < -0.39 is 0 Å². The van der Waals surface area contributed by atoms with E-state index in [-0.39, 0.29) is 0 Å². The lowest BCUT2D eigenvalue weighted by Crippen LogP contribution is -2.17. The van der Waals surface area contributed by atoms with Crippen LogP contribution in [0, 0.1) is 13.8 Å². The van der Waals surface area contributed by atoms with Crippen molar-refractivity contribution in [3.63, 3.8) is 0 Å². The van der Waals surface area contributed by atoms with Gasteiger partial charge >= 0.3 is 0 Å². The van der Waals surface area contributed by atoms with Crippen molar-refractivity contribution in [1.82, 2.24) is 15.3 Å². The Hall–Kier alpha value is -1.16. The molecule has 1 N–H and O–H groups in total. The minimum Gasteiger partial charge on any atom is -0.317 e. The van der Waals surface area contributed by atoms with Crippen LogP contribution < -0.4 is 5.32 Å². The standard InChI is InChI=1S/C16H19Cl2N3/c1-4-19-8-7-13-10(2)20-16(21-11(13)3)12-5-6-14(17)15(18)9-12/h5-6,9,19H,4,7-8H2,1-3H3. The van der Waals surface area contributed by atoms with Gasteiger partial charge in [0.1, 0.15) is 0 Å². The fraction of sp³-hybridized carbons (Fsp3) is 0.375. The monoisotopic (exact) mass is 323 g/mol. The molecule has 21 heavy (non-hydrogen) atoms. The van der Waals surface area contributed by atoms with Crippen molar-refractivity contribution in [2.75, 3.05) is 13.1 Å². The summed E-state index contributed by atoms with van der Waals surface area (Å²) in [6.07, 6.45) is 0.938. The van der Waals surface area contributed by atoms with Crippen molar-refractivity contribution in [3.05, 3.63) is 45.2 Å². The normalized spacial score (nSPS) is 10.9. The van der Waals surface area contributed by atoms with Gasteiger partial charge < -0.3 is 5.32 Å². The summed E-state index contributed by atoms with van der Waals surface area (Å²) in [5.74, 6) is 0.691. The summed E-state index contributed by atoms with van der Waals surface area (Å²) in [6.45, 7) is 8.06. The largest absolute Gasteiger partial charge is 0.317 e. The lowest BCUT2D eigenvalue weighted by atomic mass is 10.1. The summed E-state index contributed by atoms with van der Waals surface area (Å²) in [5.41, 5.74) is 4.12. The highest BCUT2D eigenvalue weighted by molar-refractivity contribution is 6.42. The molecule has 0 bridgehead atoms. The van der Waals surface area contributed by atoms with E-state index in [1.165, 1.54) is 5.56 Å². The van der Waals surface area contributed by atoms with Crippen LogP contribution in [0.4, 0.5) is 0 Å². The average Bonchev–Trinajstić information content (AvgIpc) is 2.44. The van der Waals surface area contributed by atoms with Gasteiger partial charge in [-0.15, -0.1) is 0 Å². The average molecular weight is 324 g/mol. The molecule has 0 saturated carbocycles. The van der Waals surface area contributed by atoms with Crippen LogP contribution in [0.2, 0.25) is 10.0 Å². The Morgan fingerprint density at radius 2 is 1.71 bits per heavy atom. The Kier molecular flexibility index (Phi) is 5.57. The molecule has 5 heteroatoms. The van der Waals surface area contributed by atoms with Gasteiger partial charge in [0.15, 0.2) is 5.82 Å². The van der Waals surface area contributed by atoms with Crippen molar-refractivity contribution in [2.45, 2.75) is 27.2 Å². The predicted octanol–water partition coefficient (Wildman–Crippen LogP) is 4.22. The van der Waals surface area contributed by atoms with Crippen LogP contribution in [-0.2, 0) is 6.42 Å². The highest BCUT2D eigenvalue weighted by Gasteiger charge is 2.11. The molecule has 0 aliphatic heterocycles. The first-order valence-corrected chi connectivity index (χ1v) is 7.78. The van der Waals surface area contributed by atoms with Crippen LogP contribution in [0.3, 0.4) is 0 Å². The van der Waals surface area contributed by atoms with E-state index in [2.05, 4.69) is 22.2 Å². The Morgan fingerprint density at radius 1 is 1.05 bits per heavy atom. The molecule has 1 aromatic carbocycles. The molecule has 2 rings (SSSR count). The van der Waals surface area contributed by atoms with Gasteiger partial charge in [-0.05, 0) is 57.1 Å². The maximum atomic E-state index is 6.06. The molecule has 2 aromatic rings. The van der Waals surface area contributed by atoms with Crippen LogP contribution >= 0.6 is 23.2 Å². The summed E-state index contributed by atoms with van der Waals surface area (Å²) in [4.78, 5) is 9.23. The van der Waals surface area contributed by atoms with Gasteiger partial charge in [0, 0.05) is 17.0 Å². The first-order chi connectivity index (χ1) is 10.0. The highest BCUT2D eigenvalue weighted by atomic mass is 35.5. The molecule has 0 unspecified atom stereocenters. The molecule has 1 aromatic heterocycles. The number of nitrogens with one attached hydrogen (secondary N) is 1. The number of aryl methyl sites for hydroxylation is 2. The third kappa shape index (κ3) is 3.94. The van der Waals surface area contributed by atoms with E-state index in [4.69, 9.17) is 23.2 Å². The Balaban J connectivity index is 2.32. The lowest BCUT2D eigenvalue weighted by Gasteiger charge is -2.11. The molecule has 1 heterocycles. The zero-order chi connectivity index (χ0) is 15.4. The van der Waals surface area contributed by atoms with Gasteiger partial charge in [-0.3, -0.25) is 0 Å². The lowest BCUT2D eigenvalue weighted by molar-refractivity contribution is 0.708. The summed E-state index contributed by atoms with van der Waals surface area (Å²) in [5, 5.41) is 4.38. The Bertz CT molecular complexity index is 618. The smallest absolute Gasteiger partial charge is 0.159 e. The van der Waals surface area contributed by atoms with Gasteiger partial charge in [-0.1, -0.05) is 30.1 Å². The second kappa shape index (κ2) is 7.21. The molecular formula is C16H19Cl2N3. The third-order valence-electron chi connectivity index (χ3n) is 3.40. The van der Waals surface area contributed by atoms with Crippen molar-refractivity contribution < 1.29 is 0 Å². The molecule has 0 aliphatic rings. The number of likely N-dealkylation sites (N-methyl/N-ethyl adjacent to an activating group) is 1. The fourth-order valence-corrected chi connectivity index (χ4v) is 2.55. The van der Waals surface area contributed by atoms with Crippen LogP contribution in [-0.4, -0.2) is 23.1 Å². The molecule has 3 nitrogen and oxygen atoms in total. The molecule has 0 atom stereocenters. The number of aromatic nitrogens is 2. The van der Waals surface area contributed by atoms with Crippen LogP contribution in [0.5, 0.6) is 0 Å². The van der Waals surface area contributed by atoms with E-state index in [9.17, 15) is 0 Å². The maximum absolute atomic E-state index is 6.06. The van der Waals surface area contributed by atoms with Crippen molar-refractivity contribution in [2.24, 2.45) is 0 Å². The number of rotatable bonds is 5. The molecule has 0 saturated heterocycles. The zero-order valence-corrected chi connectivity index (χ0v) is 14.0. The summed E-state index contributed by atoms with van der Waals surface area (Å²) >= 11 is 12.0. The van der Waals surface area contributed by atoms with E-state index in [1.54, 1.807) is 12.1 Å². The summed E-state index contributed by atoms with van der Waals surface area (Å²) < 4.78 is 0. The zero-order valence-electron chi connectivity index (χ0n) is 12.5. The van der Waals surface area contributed by atoms with Gasteiger partial charge in [0.2, 0.25) is 0 Å². The molecule has 112 valence electrons. The molecule has 0 aliphatic carbocycles. The van der Waals surface area contributed by atoms with Gasteiger partial charge in [-0.2, -0.15) is 0 Å². The Labute approximate surface area is 135 Å². The second-order valence-corrected chi connectivity index (χ2v) is 5.74. The Morgan fingerprint density at radius 3 is 2.29 bits per heavy atom. The predicted molar refractivity (Wildman–Crippen MR) is 89.2 cm³/mol. The number of hydrogen-bond acceptors (Lipinski definition) is 3. The topological polar surface area (TPSA) is 37.8 Å². The van der Waals surface area contributed by atoms with Crippen molar-refractivity contribution in [1.29, 1.82) is 0 Å². The number of hydrogen-bond donors (Lipinski definition) is 1. The number of halogens is 2. The number of benzene rings is 1. The summed E-state index contributed by atoms with van der Waals surface area (Å²) in [7, 11) is 0. The number of nitrogens with zero attached hydrogens (tertiary/aromatic N) is 2. The van der Waals surface area contributed by atoms with E-state index in [0.29, 0.717) is 15.9 Å². The SMILES string of the molecule is CCNCCc1c(C)nc(-c2ccc(Cl)c(Cl)c2)nc1C. The minimum atomic E-state index is 0.518. The van der Waals surface area contributed by atoms with E-state index >= 15 is 0 Å². The van der Waals surface area contributed by atoms with Crippen LogP contribution in [0.15, 0.2) is 18.2 Å². The quantitative estimate of drug-likeness (QED) is 0.837. The van der Waals surface area contributed by atoms with Gasteiger partial charge in [0.25, 0.3) is 0 Å². The van der Waals surface area contributed by atoms with E-state index in [0.717, 1.165) is 36.5 Å². The van der Waals surface area contributed by atoms with Gasteiger partial charge in [0.05, 0.1) is 10.0 Å². The molecule has 0 amide bonds. The van der Waals surface area contributed by atoms with E-state index in [1.807, 2.05) is 19.9 Å². The second-order valence-electron chi connectivity index (χ2n) is 4.93. The summed E-state index contributed by atoms with van der Waals surface area (Å²) in [6, 6.07) is 5.46. The molecular weight excluding hydrogens is 305 g/mol.